The average Bonchev–Trinajstić information content (AvgIpc) is 2.66. The van der Waals surface area contributed by atoms with Crippen LogP contribution in [-0.2, 0) is 16.0 Å². The molecular weight excluding hydrogens is 330 g/mol. The maximum atomic E-state index is 12.2. The van der Waals surface area contributed by atoms with Crippen LogP contribution in [0, 0.1) is 11.3 Å². The number of rotatable bonds is 7. The maximum absolute atomic E-state index is 12.2. The molecule has 6 heteroatoms. The topological polar surface area (TPSA) is 82.4 Å². The van der Waals surface area contributed by atoms with Crippen molar-refractivity contribution in [3.63, 3.8) is 0 Å². The van der Waals surface area contributed by atoms with Gasteiger partial charge in [-0.2, -0.15) is 5.26 Å². The fourth-order valence-electron chi connectivity index (χ4n) is 2.41. The molecular formula is C20H21N3O3. The summed E-state index contributed by atoms with van der Waals surface area (Å²) in [6.45, 7) is 1.87. The summed E-state index contributed by atoms with van der Waals surface area (Å²) in [5.41, 5.74) is 2.17. The molecule has 0 fully saturated rings. The fraction of sp³-hybridized carbons (Fsp3) is 0.250. The van der Waals surface area contributed by atoms with Crippen LogP contribution in [0.25, 0.3) is 0 Å². The molecule has 0 spiro atoms. The van der Waals surface area contributed by atoms with Crippen molar-refractivity contribution in [2.24, 2.45) is 0 Å². The highest BCUT2D eigenvalue weighted by atomic mass is 16.5. The zero-order valence-electron chi connectivity index (χ0n) is 14.9. The number of nitrogens with one attached hydrogen (secondary N) is 1. The van der Waals surface area contributed by atoms with Crippen molar-refractivity contribution in [1.82, 2.24) is 4.90 Å². The average molecular weight is 351 g/mol. The summed E-state index contributed by atoms with van der Waals surface area (Å²) in [7, 11) is 1.61. The van der Waals surface area contributed by atoms with Gasteiger partial charge in [-0.3, -0.25) is 9.59 Å². The van der Waals surface area contributed by atoms with Crippen molar-refractivity contribution in [3.8, 4) is 11.8 Å². The second kappa shape index (κ2) is 9.23. The molecule has 134 valence electrons. The molecule has 0 saturated heterocycles. The van der Waals surface area contributed by atoms with Crippen molar-refractivity contribution in [2.75, 3.05) is 25.5 Å². The lowest BCUT2D eigenvalue weighted by Crippen LogP contribution is -2.38. The molecule has 0 aromatic heterocycles. The molecule has 2 amide bonds. The Morgan fingerprint density at radius 1 is 1.12 bits per heavy atom. The molecule has 0 unspecified atom stereocenters. The van der Waals surface area contributed by atoms with Gasteiger partial charge in [-0.05, 0) is 48.4 Å². The van der Waals surface area contributed by atoms with E-state index in [9.17, 15) is 9.59 Å². The van der Waals surface area contributed by atoms with Crippen molar-refractivity contribution in [2.45, 2.75) is 13.3 Å². The quantitative estimate of drug-likeness (QED) is 0.831. The highest BCUT2D eigenvalue weighted by Crippen LogP contribution is 2.12. The number of ether oxygens (including phenoxy) is 1. The lowest BCUT2D eigenvalue weighted by molar-refractivity contribution is -0.132. The third-order valence-corrected chi connectivity index (χ3v) is 3.91. The van der Waals surface area contributed by atoms with E-state index < -0.39 is 0 Å². The molecule has 0 aliphatic rings. The van der Waals surface area contributed by atoms with Crippen LogP contribution in [0.5, 0.6) is 5.75 Å². The summed E-state index contributed by atoms with van der Waals surface area (Å²) in [6, 6.07) is 16.2. The molecule has 2 aromatic carbocycles. The van der Waals surface area contributed by atoms with Crippen LogP contribution in [0.2, 0.25) is 0 Å². The second-order valence-corrected chi connectivity index (χ2v) is 5.78. The molecule has 1 N–H and O–H groups in total. The zero-order valence-corrected chi connectivity index (χ0v) is 14.9. The van der Waals surface area contributed by atoms with Gasteiger partial charge in [-0.15, -0.1) is 0 Å². The van der Waals surface area contributed by atoms with Crippen LogP contribution in [-0.4, -0.2) is 36.9 Å². The van der Waals surface area contributed by atoms with Gasteiger partial charge in [0, 0.05) is 19.2 Å². The first kappa shape index (κ1) is 19.0. The molecule has 26 heavy (non-hydrogen) atoms. The van der Waals surface area contributed by atoms with Gasteiger partial charge in [-0.25, -0.2) is 0 Å². The minimum atomic E-state index is -0.278. The largest absolute Gasteiger partial charge is 0.497 e. The fourth-order valence-corrected chi connectivity index (χ4v) is 2.41. The number of methoxy groups -OCH3 is 1. The first-order valence-electron chi connectivity index (χ1n) is 8.20. The number of nitrogens with zero attached hydrogens (tertiary/aromatic N) is 2. The second-order valence-electron chi connectivity index (χ2n) is 5.78. The number of carbonyl (C=O) groups is 2. The maximum Gasteiger partial charge on any atom is 0.243 e. The van der Waals surface area contributed by atoms with Crippen LogP contribution >= 0.6 is 0 Å². The van der Waals surface area contributed by atoms with Crippen LogP contribution in [0.1, 0.15) is 18.1 Å². The monoisotopic (exact) mass is 351 g/mol. The van der Waals surface area contributed by atoms with Gasteiger partial charge in [0.2, 0.25) is 11.8 Å². The Morgan fingerprint density at radius 3 is 2.31 bits per heavy atom. The third-order valence-electron chi connectivity index (χ3n) is 3.91. The van der Waals surface area contributed by atoms with Gasteiger partial charge < -0.3 is 15.0 Å². The minimum absolute atomic E-state index is 0.0223. The SMILES string of the molecule is COc1ccc(CCN(CC(=O)Nc2ccc(C#N)cc2)C(C)=O)cc1. The predicted octanol–water partition coefficient (Wildman–Crippen LogP) is 2.60. The van der Waals surface area contributed by atoms with Crippen molar-refractivity contribution in [3.05, 3.63) is 59.7 Å². The van der Waals surface area contributed by atoms with Crippen molar-refractivity contribution in [1.29, 1.82) is 5.26 Å². The number of carbonyl (C=O) groups excluding carboxylic acids is 2. The van der Waals surface area contributed by atoms with Crippen molar-refractivity contribution < 1.29 is 14.3 Å². The highest BCUT2D eigenvalue weighted by molar-refractivity contribution is 5.94. The van der Waals surface area contributed by atoms with E-state index in [1.165, 1.54) is 11.8 Å². The molecule has 0 bridgehead atoms. The van der Waals surface area contributed by atoms with Gasteiger partial charge in [-0.1, -0.05) is 12.1 Å². The highest BCUT2D eigenvalue weighted by Gasteiger charge is 2.14. The van der Waals surface area contributed by atoms with Gasteiger partial charge in [0.15, 0.2) is 0 Å². The van der Waals surface area contributed by atoms with E-state index in [4.69, 9.17) is 10.00 Å². The van der Waals surface area contributed by atoms with E-state index in [0.29, 0.717) is 24.2 Å². The van der Waals surface area contributed by atoms with Crippen LogP contribution in [0.4, 0.5) is 5.69 Å². The number of hydrogen-bond donors (Lipinski definition) is 1. The van der Waals surface area contributed by atoms with Crippen LogP contribution in [0.15, 0.2) is 48.5 Å². The van der Waals surface area contributed by atoms with Gasteiger partial charge in [0.05, 0.1) is 25.3 Å². The molecule has 6 nitrogen and oxygen atoms in total. The zero-order chi connectivity index (χ0) is 18.9. The Bertz CT molecular complexity index is 793. The van der Waals surface area contributed by atoms with E-state index in [0.717, 1.165) is 11.3 Å². The molecule has 0 heterocycles. The number of nitriles is 1. The minimum Gasteiger partial charge on any atom is -0.497 e. The number of benzene rings is 2. The Morgan fingerprint density at radius 2 is 1.77 bits per heavy atom. The molecule has 2 aromatic rings. The Labute approximate surface area is 153 Å². The third kappa shape index (κ3) is 5.64. The molecule has 0 aliphatic carbocycles. The smallest absolute Gasteiger partial charge is 0.243 e. The lowest BCUT2D eigenvalue weighted by atomic mass is 10.1. The molecule has 2 rings (SSSR count). The Balaban J connectivity index is 1.90. The first-order chi connectivity index (χ1) is 12.5. The molecule has 0 atom stereocenters. The Hall–Kier alpha value is -3.33. The number of hydrogen-bond acceptors (Lipinski definition) is 4. The standard InChI is InChI=1S/C20H21N3O3/c1-15(24)23(12-11-16-5-9-19(26-2)10-6-16)14-20(25)22-18-7-3-17(13-21)4-8-18/h3-10H,11-12,14H2,1-2H3,(H,22,25). The summed E-state index contributed by atoms with van der Waals surface area (Å²) in [4.78, 5) is 25.5. The molecule has 0 aliphatic heterocycles. The Kier molecular flexibility index (Phi) is 6.75. The molecule has 0 radical (unpaired) electrons. The molecule has 0 saturated carbocycles. The summed E-state index contributed by atoms with van der Waals surface area (Å²) < 4.78 is 5.12. The van der Waals surface area contributed by atoms with Gasteiger partial charge >= 0.3 is 0 Å². The van der Waals surface area contributed by atoms with E-state index in [2.05, 4.69) is 5.32 Å². The van der Waals surface area contributed by atoms with Crippen LogP contribution in [0.3, 0.4) is 0 Å². The summed E-state index contributed by atoms with van der Waals surface area (Å²) in [5, 5.41) is 11.5. The normalized spacial score (nSPS) is 9.88. The van der Waals surface area contributed by atoms with Gasteiger partial charge in [0.1, 0.15) is 5.75 Å². The van der Waals surface area contributed by atoms with E-state index in [1.807, 2.05) is 30.3 Å². The number of amides is 2. The van der Waals surface area contributed by atoms with E-state index in [-0.39, 0.29) is 18.4 Å². The first-order valence-corrected chi connectivity index (χ1v) is 8.20. The van der Waals surface area contributed by atoms with Crippen LogP contribution < -0.4 is 10.1 Å². The summed E-state index contributed by atoms with van der Waals surface area (Å²) in [6.07, 6.45) is 0.647. The van der Waals surface area contributed by atoms with E-state index in [1.54, 1.807) is 31.4 Å². The van der Waals surface area contributed by atoms with Gasteiger partial charge in [0.25, 0.3) is 0 Å². The van der Waals surface area contributed by atoms with E-state index >= 15 is 0 Å². The number of anilines is 1. The predicted molar refractivity (Wildman–Crippen MR) is 98.7 cm³/mol. The van der Waals surface area contributed by atoms with Crippen molar-refractivity contribution >= 4 is 17.5 Å². The summed E-state index contributed by atoms with van der Waals surface area (Å²) >= 11 is 0. The summed E-state index contributed by atoms with van der Waals surface area (Å²) in [5.74, 6) is 0.340. The lowest BCUT2D eigenvalue weighted by Gasteiger charge is -2.20.